The summed E-state index contributed by atoms with van der Waals surface area (Å²) < 4.78 is 0. The van der Waals surface area contributed by atoms with Crippen LogP contribution in [-0.4, -0.2) is 34.5 Å². The van der Waals surface area contributed by atoms with Crippen molar-refractivity contribution in [3.8, 4) is 0 Å². The Balaban J connectivity index is 1.53. The van der Waals surface area contributed by atoms with Crippen molar-refractivity contribution in [2.75, 3.05) is 29.9 Å². The van der Waals surface area contributed by atoms with E-state index in [1.807, 2.05) is 24.5 Å². The second kappa shape index (κ2) is 7.04. The Morgan fingerprint density at radius 3 is 2.65 bits per heavy atom. The van der Waals surface area contributed by atoms with E-state index in [-0.39, 0.29) is 5.69 Å². The van der Waals surface area contributed by atoms with Gasteiger partial charge in [-0.1, -0.05) is 0 Å². The Hall–Kier alpha value is -2.70. The first-order chi connectivity index (χ1) is 11.2. The van der Waals surface area contributed by atoms with Gasteiger partial charge in [0, 0.05) is 50.0 Å². The molecule has 23 heavy (non-hydrogen) atoms. The number of piperidine rings is 1. The van der Waals surface area contributed by atoms with Crippen LogP contribution < -0.4 is 10.2 Å². The molecule has 1 aliphatic heterocycles. The topological polar surface area (TPSA) is 84.2 Å². The van der Waals surface area contributed by atoms with Gasteiger partial charge in [-0.05, 0) is 37.0 Å². The van der Waals surface area contributed by atoms with E-state index < -0.39 is 4.92 Å². The number of nitrogens with zero attached hydrogens (tertiary/aromatic N) is 4. The van der Waals surface area contributed by atoms with Crippen LogP contribution in [0.3, 0.4) is 0 Å². The summed E-state index contributed by atoms with van der Waals surface area (Å²) in [6.07, 6.45) is 7.29. The van der Waals surface area contributed by atoms with Crippen molar-refractivity contribution in [2.45, 2.75) is 12.8 Å². The summed E-state index contributed by atoms with van der Waals surface area (Å²) in [6, 6.07) is 7.10. The van der Waals surface area contributed by atoms with Crippen molar-refractivity contribution in [3.63, 3.8) is 0 Å². The predicted molar refractivity (Wildman–Crippen MR) is 88.6 cm³/mol. The molecule has 0 aromatic carbocycles. The first-order valence-electron chi connectivity index (χ1n) is 7.72. The van der Waals surface area contributed by atoms with Crippen molar-refractivity contribution in [1.82, 2.24) is 9.97 Å². The average molecular weight is 313 g/mol. The van der Waals surface area contributed by atoms with Crippen LogP contribution in [0.1, 0.15) is 12.8 Å². The van der Waals surface area contributed by atoms with Crippen LogP contribution >= 0.6 is 0 Å². The van der Waals surface area contributed by atoms with Crippen molar-refractivity contribution in [3.05, 3.63) is 53.0 Å². The third-order valence-electron chi connectivity index (χ3n) is 4.18. The quantitative estimate of drug-likeness (QED) is 0.675. The molecule has 0 unspecified atom stereocenters. The standard InChI is InChI=1S/C16H19N5O2/c22-21(23)15-2-1-7-18-16(15)19-12-13-5-10-20(11-6-13)14-3-8-17-9-4-14/h1-4,7-9,13H,5-6,10-12H2,(H,18,19). The third kappa shape index (κ3) is 3.74. The minimum atomic E-state index is -0.401. The lowest BCUT2D eigenvalue weighted by molar-refractivity contribution is -0.384. The second-order valence-electron chi connectivity index (χ2n) is 5.64. The molecule has 0 bridgehead atoms. The number of anilines is 2. The van der Waals surface area contributed by atoms with Gasteiger partial charge in [-0.3, -0.25) is 15.1 Å². The zero-order valence-electron chi connectivity index (χ0n) is 12.8. The number of nitrogens with one attached hydrogen (secondary N) is 1. The third-order valence-corrected chi connectivity index (χ3v) is 4.18. The first kappa shape index (κ1) is 15.2. The molecule has 7 nitrogen and oxygen atoms in total. The highest BCUT2D eigenvalue weighted by Gasteiger charge is 2.21. The highest BCUT2D eigenvalue weighted by molar-refractivity contribution is 5.55. The van der Waals surface area contributed by atoms with E-state index in [9.17, 15) is 10.1 Å². The summed E-state index contributed by atoms with van der Waals surface area (Å²) in [5, 5.41) is 14.1. The van der Waals surface area contributed by atoms with E-state index in [2.05, 4.69) is 20.2 Å². The monoisotopic (exact) mass is 313 g/mol. The summed E-state index contributed by atoms with van der Waals surface area (Å²) in [5.41, 5.74) is 1.23. The zero-order valence-corrected chi connectivity index (χ0v) is 12.8. The molecule has 120 valence electrons. The van der Waals surface area contributed by atoms with Gasteiger partial charge in [0.05, 0.1) is 4.92 Å². The number of hydrogen-bond donors (Lipinski definition) is 1. The minimum Gasteiger partial charge on any atom is -0.371 e. The van der Waals surface area contributed by atoms with Crippen LogP contribution in [0, 0.1) is 16.0 Å². The van der Waals surface area contributed by atoms with Crippen LogP contribution in [0.2, 0.25) is 0 Å². The molecule has 2 aromatic rings. The second-order valence-corrected chi connectivity index (χ2v) is 5.64. The Morgan fingerprint density at radius 2 is 1.96 bits per heavy atom. The fraction of sp³-hybridized carbons (Fsp3) is 0.375. The summed E-state index contributed by atoms with van der Waals surface area (Å²) in [6.45, 7) is 2.68. The van der Waals surface area contributed by atoms with E-state index in [4.69, 9.17) is 0 Å². The average Bonchev–Trinajstić information content (AvgIpc) is 2.61. The number of pyridine rings is 2. The lowest BCUT2D eigenvalue weighted by Crippen LogP contribution is -2.35. The van der Waals surface area contributed by atoms with Crippen molar-refractivity contribution in [1.29, 1.82) is 0 Å². The molecule has 3 heterocycles. The minimum absolute atomic E-state index is 0.0294. The van der Waals surface area contributed by atoms with Gasteiger partial charge < -0.3 is 10.2 Å². The van der Waals surface area contributed by atoms with Gasteiger partial charge in [-0.15, -0.1) is 0 Å². The van der Waals surface area contributed by atoms with Gasteiger partial charge >= 0.3 is 5.69 Å². The van der Waals surface area contributed by atoms with Gasteiger partial charge in [0.25, 0.3) is 0 Å². The summed E-state index contributed by atoms with van der Waals surface area (Å²) in [4.78, 5) is 21.1. The van der Waals surface area contributed by atoms with Gasteiger partial charge in [0.1, 0.15) is 0 Å². The molecule has 1 saturated heterocycles. The Bertz CT molecular complexity index is 657. The lowest BCUT2D eigenvalue weighted by Gasteiger charge is -2.33. The molecule has 0 spiro atoms. The zero-order chi connectivity index (χ0) is 16.1. The van der Waals surface area contributed by atoms with Crippen molar-refractivity contribution >= 4 is 17.2 Å². The SMILES string of the molecule is O=[N+]([O-])c1cccnc1NCC1CCN(c2ccncc2)CC1. The summed E-state index contributed by atoms with van der Waals surface area (Å²) >= 11 is 0. The first-order valence-corrected chi connectivity index (χ1v) is 7.72. The predicted octanol–water partition coefficient (Wildman–Crippen LogP) is 2.71. The van der Waals surface area contributed by atoms with Gasteiger partial charge in [-0.25, -0.2) is 4.98 Å². The van der Waals surface area contributed by atoms with Crippen LogP contribution in [0.25, 0.3) is 0 Å². The molecule has 0 atom stereocenters. The Labute approximate surface area is 134 Å². The van der Waals surface area contributed by atoms with Crippen molar-refractivity contribution in [2.24, 2.45) is 5.92 Å². The molecule has 1 aliphatic rings. The molecule has 1 fully saturated rings. The molecule has 0 radical (unpaired) electrons. The highest BCUT2D eigenvalue weighted by Crippen LogP contribution is 2.25. The Morgan fingerprint density at radius 1 is 1.22 bits per heavy atom. The van der Waals surface area contributed by atoms with Crippen LogP contribution in [0.5, 0.6) is 0 Å². The van der Waals surface area contributed by atoms with E-state index in [1.54, 1.807) is 12.3 Å². The van der Waals surface area contributed by atoms with Crippen LogP contribution in [0.15, 0.2) is 42.9 Å². The fourth-order valence-corrected chi connectivity index (χ4v) is 2.87. The molecular formula is C16H19N5O2. The number of rotatable bonds is 5. The van der Waals surface area contributed by atoms with Gasteiger partial charge in [0.15, 0.2) is 0 Å². The molecule has 7 heteroatoms. The van der Waals surface area contributed by atoms with Crippen molar-refractivity contribution < 1.29 is 4.92 Å². The molecule has 3 rings (SSSR count). The molecule has 1 N–H and O–H groups in total. The highest BCUT2D eigenvalue weighted by atomic mass is 16.6. The van der Waals surface area contributed by atoms with Crippen LogP contribution in [0.4, 0.5) is 17.2 Å². The molecule has 2 aromatic heterocycles. The molecule has 0 aliphatic carbocycles. The number of hydrogen-bond acceptors (Lipinski definition) is 6. The molecular weight excluding hydrogens is 294 g/mol. The number of aromatic nitrogens is 2. The maximum atomic E-state index is 11.0. The maximum Gasteiger partial charge on any atom is 0.311 e. The normalized spacial score (nSPS) is 15.4. The number of nitro groups is 1. The largest absolute Gasteiger partial charge is 0.371 e. The van der Waals surface area contributed by atoms with Gasteiger partial charge in [0.2, 0.25) is 5.82 Å². The fourth-order valence-electron chi connectivity index (χ4n) is 2.87. The molecule has 0 amide bonds. The van der Waals surface area contributed by atoms with Gasteiger partial charge in [-0.2, -0.15) is 0 Å². The summed E-state index contributed by atoms with van der Waals surface area (Å²) in [7, 11) is 0. The smallest absolute Gasteiger partial charge is 0.311 e. The lowest BCUT2D eigenvalue weighted by atomic mass is 9.96. The molecule has 0 saturated carbocycles. The van der Waals surface area contributed by atoms with Crippen LogP contribution in [-0.2, 0) is 0 Å². The van der Waals surface area contributed by atoms with E-state index >= 15 is 0 Å². The van der Waals surface area contributed by atoms with E-state index in [0.717, 1.165) is 25.9 Å². The van der Waals surface area contributed by atoms with E-state index in [1.165, 1.54) is 11.8 Å². The summed E-state index contributed by atoms with van der Waals surface area (Å²) in [5.74, 6) is 0.851. The maximum absolute atomic E-state index is 11.0. The Kier molecular flexibility index (Phi) is 4.65. The van der Waals surface area contributed by atoms with E-state index in [0.29, 0.717) is 18.3 Å².